The molecule has 174 valence electrons. The summed E-state index contributed by atoms with van der Waals surface area (Å²) < 4.78 is 64.8. The number of halogens is 3. The first kappa shape index (κ1) is 23.8. The first-order valence-corrected chi connectivity index (χ1v) is 12.3. The third-order valence-electron chi connectivity index (χ3n) is 6.43. The predicted molar refractivity (Wildman–Crippen MR) is 111 cm³/mol. The molecule has 1 aromatic heterocycles. The number of carbonyl (C=O) groups excluding carboxylic acids is 1. The van der Waals surface area contributed by atoms with Crippen LogP contribution in [-0.2, 0) is 21.0 Å². The van der Waals surface area contributed by atoms with Gasteiger partial charge in [-0.25, -0.2) is 18.1 Å². The lowest BCUT2D eigenvalue weighted by Crippen LogP contribution is -2.54. The van der Waals surface area contributed by atoms with E-state index in [1.54, 1.807) is 9.80 Å². The van der Waals surface area contributed by atoms with Crippen LogP contribution in [0.15, 0.2) is 18.3 Å². The van der Waals surface area contributed by atoms with Gasteiger partial charge in [0.2, 0.25) is 15.9 Å². The molecule has 1 aliphatic carbocycles. The largest absolute Gasteiger partial charge is 0.416 e. The molecule has 0 unspecified atom stereocenters. The Morgan fingerprint density at radius 1 is 1.26 bits per heavy atom. The molecular weight excluding hydrogens is 433 g/mol. The average Bonchev–Trinajstić information content (AvgIpc) is 3.10. The van der Waals surface area contributed by atoms with E-state index in [1.807, 2.05) is 13.8 Å². The van der Waals surface area contributed by atoms with E-state index in [0.717, 1.165) is 24.6 Å². The molecule has 2 heterocycles. The maximum absolute atomic E-state index is 13.5. The van der Waals surface area contributed by atoms with E-state index >= 15 is 0 Å². The summed E-state index contributed by atoms with van der Waals surface area (Å²) in [4.78, 5) is 21.0. The van der Waals surface area contributed by atoms with E-state index in [-0.39, 0.29) is 23.7 Å². The molecule has 3 rings (SSSR count). The van der Waals surface area contributed by atoms with Crippen LogP contribution >= 0.6 is 0 Å². The minimum absolute atomic E-state index is 0.00282. The fourth-order valence-electron chi connectivity index (χ4n) is 4.67. The van der Waals surface area contributed by atoms with Gasteiger partial charge >= 0.3 is 6.18 Å². The lowest BCUT2D eigenvalue weighted by Gasteiger charge is -2.42. The molecule has 1 aliphatic heterocycles. The van der Waals surface area contributed by atoms with Crippen molar-refractivity contribution in [1.29, 1.82) is 0 Å². The maximum Gasteiger partial charge on any atom is 0.416 e. The number of pyridine rings is 1. The van der Waals surface area contributed by atoms with Gasteiger partial charge in [0.1, 0.15) is 5.82 Å². The second-order valence-corrected chi connectivity index (χ2v) is 10.6. The van der Waals surface area contributed by atoms with Crippen LogP contribution in [0.4, 0.5) is 19.0 Å². The van der Waals surface area contributed by atoms with Crippen LogP contribution in [0.5, 0.6) is 0 Å². The quantitative estimate of drug-likeness (QED) is 0.727. The number of carbonyl (C=O) groups is 1. The summed E-state index contributed by atoms with van der Waals surface area (Å²) in [5, 5.41) is 0. The van der Waals surface area contributed by atoms with Crippen LogP contribution in [0.1, 0.15) is 38.7 Å². The summed E-state index contributed by atoms with van der Waals surface area (Å²) in [5.41, 5.74) is -1.39. The molecule has 31 heavy (non-hydrogen) atoms. The Hall–Kier alpha value is -1.88. The van der Waals surface area contributed by atoms with E-state index in [0.29, 0.717) is 45.4 Å². The highest BCUT2D eigenvalue weighted by Gasteiger charge is 2.50. The first-order valence-electron chi connectivity index (χ1n) is 10.4. The van der Waals surface area contributed by atoms with Gasteiger partial charge in [-0.2, -0.15) is 13.2 Å². The first-order chi connectivity index (χ1) is 14.3. The van der Waals surface area contributed by atoms with Crippen molar-refractivity contribution in [3.8, 4) is 0 Å². The SMILES string of the molecule is CC(C)[C@]1(C(=O)N2CCN(c3cc(C(F)(F)F)ccn3)CC2)CC[C@@H](NS(C)(=O)=O)C1. The number of nitrogens with zero attached hydrogens (tertiary/aromatic N) is 3. The molecule has 1 N–H and O–H groups in total. The van der Waals surface area contributed by atoms with Crippen molar-refractivity contribution in [3.05, 3.63) is 23.9 Å². The molecule has 11 heteroatoms. The highest BCUT2D eigenvalue weighted by atomic mass is 32.2. The normalized spacial score (nSPS) is 25.3. The zero-order chi connectivity index (χ0) is 23.0. The Morgan fingerprint density at radius 3 is 2.45 bits per heavy atom. The number of anilines is 1. The van der Waals surface area contributed by atoms with E-state index < -0.39 is 27.2 Å². The average molecular weight is 463 g/mol. The molecule has 2 atom stereocenters. The third kappa shape index (κ3) is 5.31. The minimum atomic E-state index is -4.43. The van der Waals surface area contributed by atoms with Gasteiger partial charge in [-0.3, -0.25) is 4.79 Å². The number of alkyl halides is 3. The van der Waals surface area contributed by atoms with Crippen molar-refractivity contribution in [3.63, 3.8) is 0 Å². The van der Waals surface area contributed by atoms with Gasteiger partial charge in [0, 0.05) is 38.4 Å². The van der Waals surface area contributed by atoms with Crippen LogP contribution in [0.25, 0.3) is 0 Å². The standard InChI is InChI=1S/C20H29F3N4O3S/c1-14(2)19(6-4-16(13-19)25-31(3,29)30)18(28)27-10-8-26(9-11-27)17-12-15(5-7-24-17)20(21,22)23/h5,7,12,14,16,25H,4,6,8-11,13H2,1-3H3/t16-,19+/m1/s1. The molecule has 0 bridgehead atoms. The summed E-state index contributed by atoms with van der Waals surface area (Å²) in [6.07, 6.45) is -0.510. The van der Waals surface area contributed by atoms with Gasteiger partial charge in [-0.1, -0.05) is 13.8 Å². The number of hydrogen-bond acceptors (Lipinski definition) is 5. The van der Waals surface area contributed by atoms with Gasteiger partial charge in [-0.15, -0.1) is 0 Å². The van der Waals surface area contributed by atoms with E-state index in [2.05, 4.69) is 9.71 Å². The number of nitrogens with one attached hydrogen (secondary N) is 1. The maximum atomic E-state index is 13.5. The Labute approximate surface area is 181 Å². The summed E-state index contributed by atoms with van der Waals surface area (Å²) >= 11 is 0. The number of hydrogen-bond donors (Lipinski definition) is 1. The number of piperazine rings is 1. The summed E-state index contributed by atoms with van der Waals surface area (Å²) in [5.74, 6) is 0.283. The van der Waals surface area contributed by atoms with Crippen molar-refractivity contribution < 1.29 is 26.4 Å². The van der Waals surface area contributed by atoms with Crippen LogP contribution in [0.3, 0.4) is 0 Å². The molecule has 7 nitrogen and oxygen atoms in total. The van der Waals surface area contributed by atoms with Gasteiger partial charge in [0.05, 0.1) is 17.2 Å². The lowest BCUT2D eigenvalue weighted by molar-refractivity contribution is -0.145. The van der Waals surface area contributed by atoms with Gasteiger partial charge in [0.15, 0.2) is 0 Å². The molecule has 0 aromatic carbocycles. The Bertz CT molecular complexity index is 914. The molecule has 1 saturated heterocycles. The van der Waals surface area contributed by atoms with Gasteiger partial charge in [0.25, 0.3) is 0 Å². The van der Waals surface area contributed by atoms with Crippen LogP contribution in [-0.4, -0.2) is 62.7 Å². The molecule has 0 spiro atoms. The van der Waals surface area contributed by atoms with Crippen molar-refractivity contribution in [2.75, 3.05) is 37.3 Å². The zero-order valence-electron chi connectivity index (χ0n) is 17.9. The summed E-state index contributed by atoms with van der Waals surface area (Å²) in [6, 6.07) is 1.71. The second kappa shape index (κ2) is 8.57. The number of amides is 1. The summed E-state index contributed by atoms with van der Waals surface area (Å²) in [6.45, 7) is 5.50. The van der Waals surface area contributed by atoms with Crippen LogP contribution in [0, 0.1) is 11.3 Å². The molecule has 2 aliphatic rings. The van der Waals surface area contributed by atoms with Gasteiger partial charge < -0.3 is 9.80 Å². The van der Waals surface area contributed by atoms with Gasteiger partial charge in [-0.05, 0) is 37.3 Å². The fourth-order valence-corrected chi connectivity index (χ4v) is 5.47. The molecule has 1 amide bonds. The topological polar surface area (TPSA) is 82.6 Å². The van der Waals surface area contributed by atoms with E-state index in [1.165, 1.54) is 0 Å². The highest BCUT2D eigenvalue weighted by molar-refractivity contribution is 7.88. The van der Waals surface area contributed by atoms with Crippen LogP contribution in [0.2, 0.25) is 0 Å². The Morgan fingerprint density at radius 2 is 1.90 bits per heavy atom. The van der Waals surface area contributed by atoms with Crippen molar-refractivity contribution in [2.24, 2.45) is 11.3 Å². The van der Waals surface area contributed by atoms with Crippen molar-refractivity contribution >= 4 is 21.7 Å². The Balaban J connectivity index is 1.68. The number of rotatable bonds is 5. The van der Waals surface area contributed by atoms with Crippen LogP contribution < -0.4 is 9.62 Å². The molecule has 1 aromatic rings. The molecule has 2 fully saturated rings. The smallest absolute Gasteiger partial charge is 0.353 e. The fraction of sp³-hybridized carbons (Fsp3) is 0.700. The summed E-state index contributed by atoms with van der Waals surface area (Å²) in [7, 11) is -3.35. The highest BCUT2D eigenvalue weighted by Crippen LogP contribution is 2.46. The predicted octanol–water partition coefficient (Wildman–Crippen LogP) is 2.49. The van der Waals surface area contributed by atoms with E-state index in [4.69, 9.17) is 0 Å². The van der Waals surface area contributed by atoms with Crippen molar-refractivity contribution in [1.82, 2.24) is 14.6 Å². The van der Waals surface area contributed by atoms with Crippen molar-refractivity contribution in [2.45, 2.75) is 45.3 Å². The Kier molecular flexibility index (Phi) is 6.57. The number of sulfonamides is 1. The van der Waals surface area contributed by atoms with E-state index in [9.17, 15) is 26.4 Å². The molecule has 0 radical (unpaired) electrons. The third-order valence-corrected chi connectivity index (χ3v) is 7.19. The number of aromatic nitrogens is 1. The molecule has 1 saturated carbocycles. The minimum Gasteiger partial charge on any atom is -0.353 e. The zero-order valence-corrected chi connectivity index (χ0v) is 18.8. The monoisotopic (exact) mass is 462 g/mol. The lowest BCUT2D eigenvalue weighted by atomic mass is 9.74. The molecular formula is C20H29F3N4O3S. The second-order valence-electron chi connectivity index (χ2n) is 8.82.